The first-order valence-corrected chi connectivity index (χ1v) is 10.9. The molecule has 0 aliphatic carbocycles. The van der Waals surface area contributed by atoms with E-state index in [0.29, 0.717) is 28.1 Å². The monoisotopic (exact) mass is 467 g/mol. The van der Waals surface area contributed by atoms with Crippen LogP contribution in [-0.2, 0) is 0 Å². The number of halogens is 1. The van der Waals surface area contributed by atoms with Crippen LogP contribution in [0.3, 0.4) is 0 Å². The number of amides is 2. The first kappa shape index (κ1) is 22.8. The van der Waals surface area contributed by atoms with Gasteiger partial charge >= 0.3 is 6.03 Å². The van der Waals surface area contributed by atoms with E-state index in [-0.39, 0.29) is 0 Å². The Morgan fingerprint density at radius 3 is 2.52 bits per heavy atom. The van der Waals surface area contributed by atoms with E-state index in [0.717, 1.165) is 31.9 Å². The molecule has 9 nitrogen and oxygen atoms in total. The van der Waals surface area contributed by atoms with E-state index in [1.807, 2.05) is 30.3 Å². The third-order valence-electron chi connectivity index (χ3n) is 5.30. The Balaban J connectivity index is 1.54. The second-order valence-corrected chi connectivity index (χ2v) is 8.00. The maximum Gasteiger partial charge on any atom is 0.324 e. The minimum Gasteiger partial charge on any atom is -0.497 e. The highest BCUT2D eigenvalue weighted by Crippen LogP contribution is 2.29. The number of hydrogen-bond acceptors (Lipinski definition) is 7. The highest BCUT2D eigenvalue weighted by Gasteiger charge is 2.24. The van der Waals surface area contributed by atoms with Crippen molar-refractivity contribution in [3.8, 4) is 5.75 Å². The molecule has 33 heavy (non-hydrogen) atoms. The van der Waals surface area contributed by atoms with Crippen molar-refractivity contribution in [1.82, 2.24) is 19.9 Å². The number of carbonyl (C=O) groups excluding carboxylic acids is 1. The van der Waals surface area contributed by atoms with Crippen LogP contribution in [0.4, 0.5) is 27.8 Å². The standard InChI is InChI=1S/C23H26ClN7O2/c1-29-10-12-30(13-11-29)31(17-6-4-3-5-7-17)22-15-21(25-16-26-22)28-23(32)27-20-14-18(33-2)8-9-19(20)24/h3-9,14-16H,10-13H2,1-2H3,(H2,25,26,27,28,32). The highest BCUT2D eigenvalue weighted by atomic mass is 35.5. The van der Waals surface area contributed by atoms with E-state index in [9.17, 15) is 4.79 Å². The van der Waals surface area contributed by atoms with Crippen molar-refractivity contribution in [3.05, 3.63) is 65.9 Å². The average Bonchev–Trinajstić information content (AvgIpc) is 2.83. The lowest BCUT2D eigenvalue weighted by Gasteiger charge is -2.40. The molecule has 0 saturated carbocycles. The van der Waals surface area contributed by atoms with Crippen LogP contribution in [-0.4, -0.2) is 66.2 Å². The van der Waals surface area contributed by atoms with Gasteiger partial charge < -0.3 is 15.0 Å². The van der Waals surface area contributed by atoms with Gasteiger partial charge in [0.25, 0.3) is 0 Å². The molecule has 2 heterocycles. The van der Waals surface area contributed by atoms with Crippen LogP contribution in [0.1, 0.15) is 0 Å². The first-order valence-electron chi connectivity index (χ1n) is 10.6. The summed E-state index contributed by atoms with van der Waals surface area (Å²) < 4.78 is 5.19. The summed E-state index contributed by atoms with van der Waals surface area (Å²) in [6.07, 6.45) is 1.44. The molecule has 0 radical (unpaired) electrons. The minimum atomic E-state index is -0.472. The van der Waals surface area contributed by atoms with Crippen LogP contribution in [0.25, 0.3) is 0 Å². The zero-order valence-corrected chi connectivity index (χ0v) is 19.3. The summed E-state index contributed by atoms with van der Waals surface area (Å²) in [5.41, 5.74) is 1.42. The van der Waals surface area contributed by atoms with Crippen LogP contribution >= 0.6 is 11.6 Å². The quantitative estimate of drug-likeness (QED) is 0.564. The van der Waals surface area contributed by atoms with Crippen LogP contribution < -0.4 is 20.4 Å². The van der Waals surface area contributed by atoms with Crippen LogP contribution in [0.15, 0.2) is 60.9 Å². The summed E-state index contributed by atoms with van der Waals surface area (Å²) in [6, 6.07) is 16.3. The van der Waals surface area contributed by atoms with Crippen molar-refractivity contribution < 1.29 is 9.53 Å². The molecule has 10 heteroatoms. The number of piperazine rings is 1. The van der Waals surface area contributed by atoms with E-state index in [4.69, 9.17) is 16.3 Å². The van der Waals surface area contributed by atoms with Crippen molar-refractivity contribution in [2.75, 3.05) is 56.0 Å². The number of nitrogens with zero attached hydrogens (tertiary/aromatic N) is 5. The molecule has 1 aliphatic rings. The van der Waals surface area contributed by atoms with Gasteiger partial charge in [0.1, 0.15) is 17.9 Å². The van der Waals surface area contributed by atoms with Crippen LogP contribution in [0, 0.1) is 0 Å². The fraction of sp³-hybridized carbons (Fsp3) is 0.261. The van der Waals surface area contributed by atoms with Crippen LogP contribution in [0.2, 0.25) is 5.02 Å². The molecule has 0 atom stereocenters. The van der Waals surface area contributed by atoms with Crippen molar-refractivity contribution in [2.45, 2.75) is 0 Å². The Kier molecular flexibility index (Phi) is 7.23. The zero-order chi connectivity index (χ0) is 23.2. The molecule has 1 aliphatic heterocycles. The Bertz CT molecular complexity index is 1090. The molecular weight excluding hydrogens is 442 g/mol. The molecule has 0 spiro atoms. The number of aromatic nitrogens is 2. The lowest BCUT2D eigenvalue weighted by Crippen LogP contribution is -2.51. The summed E-state index contributed by atoms with van der Waals surface area (Å²) in [5, 5.41) is 10.2. The average molecular weight is 468 g/mol. The van der Waals surface area contributed by atoms with E-state index >= 15 is 0 Å². The number of urea groups is 1. The van der Waals surface area contributed by atoms with Gasteiger partial charge in [-0.25, -0.2) is 19.8 Å². The summed E-state index contributed by atoms with van der Waals surface area (Å²) >= 11 is 6.19. The number of hydrogen-bond donors (Lipinski definition) is 2. The number of benzene rings is 2. The van der Waals surface area contributed by atoms with Gasteiger partial charge in [0.2, 0.25) is 0 Å². The molecule has 0 bridgehead atoms. The Hall–Kier alpha value is -3.40. The molecule has 2 amide bonds. The predicted molar refractivity (Wildman–Crippen MR) is 130 cm³/mol. The number of para-hydroxylation sites is 1. The van der Waals surface area contributed by atoms with E-state index in [1.165, 1.54) is 6.33 Å². The zero-order valence-electron chi connectivity index (χ0n) is 18.5. The van der Waals surface area contributed by atoms with E-state index in [2.05, 4.69) is 42.6 Å². The number of carbonyl (C=O) groups is 1. The summed E-state index contributed by atoms with van der Waals surface area (Å²) in [7, 11) is 3.67. The summed E-state index contributed by atoms with van der Waals surface area (Å²) in [5.74, 6) is 1.62. The lowest BCUT2D eigenvalue weighted by atomic mass is 10.3. The van der Waals surface area contributed by atoms with Crippen molar-refractivity contribution in [2.24, 2.45) is 0 Å². The number of rotatable bonds is 6. The SMILES string of the molecule is COc1ccc(Cl)c(NC(=O)Nc2cc(N(c3ccccc3)N3CCN(C)CC3)ncn2)c1. The summed E-state index contributed by atoms with van der Waals surface area (Å²) in [6.45, 7) is 3.60. The normalized spacial score (nSPS) is 14.5. The highest BCUT2D eigenvalue weighted by molar-refractivity contribution is 6.33. The van der Waals surface area contributed by atoms with Gasteiger partial charge in [-0.3, -0.25) is 10.3 Å². The van der Waals surface area contributed by atoms with Gasteiger partial charge in [0.15, 0.2) is 5.82 Å². The van der Waals surface area contributed by atoms with Gasteiger partial charge in [0.05, 0.1) is 23.5 Å². The van der Waals surface area contributed by atoms with E-state index < -0.39 is 6.03 Å². The number of hydrazine groups is 1. The Morgan fingerprint density at radius 2 is 1.79 bits per heavy atom. The smallest absolute Gasteiger partial charge is 0.324 e. The molecule has 1 saturated heterocycles. The van der Waals surface area contributed by atoms with Gasteiger partial charge in [-0.1, -0.05) is 29.8 Å². The molecule has 1 fully saturated rings. The first-order chi connectivity index (χ1) is 16.0. The maximum absolute atomic E-state index is 12.6. The molecule has 172 valence electrons. The van der Waals surface area contributed by atoms with Crippen molar-refractivity contribution in [1.29, 1.82) is 0 Å². The predicted octanol–water partition coefficient (Wildman–Crippen LogP) is 4.08. The van der Waals surface area contributed by atoms with Crippen molar-refractivity contribution >= 4 is 40.6 Å². The largest absolute Gasteiger partial charge is 0.497 e. The number of likely N-dealkylation sites (N-methyl/N-ethyl adjacent to an activating group) is 1. The Morgan fingerprint density at radius 1 is 1.03 bits per heavy atom. The molecule has 2 aromatic carbocycles. The molecule has 4 rings (SSSR count). The van der Waals surface area contributed by atoms with Gasteiger partial charge in [-0.15, -0.1) is 0 Å². The second-order valence-electron chi connectivity index (χ2n) is 7.59. The number of ether oxygens (including phenoxy) is 1. The molecule has 1 aromatic heterocycles. The second kappa shape index (κ2) is 10.5. The Labute approximate surface area is 197 Å². The molecule has 2 N–H and O–H groups in total. The fourth-order valence-electron chi connectivity index (χ4n) is 3.53. The van der Waals surface area contributed by atoms with Gasteiger partial charge in [0, 0.05) is 38.3 Å². The van der Waals surface area contributed by atoms with Gasteiger partial charge in [-0.2, -0.15) is 0 Å². The van der Waals surface area contributed by atoms with Crippen LogP contribution in [0.5, 0.6) is 5.75 Å². The maximum atomic E-state index is 12.6. The number of anilines is 4. The number of methoxy groups -OCH3 is 1. The summed E-state index contributed by atoms with van der Waals surface area (Å²) in [4.78, 5) is 23.6. The lowest BCUT2D eigenvalue weighted by molar-refractivity contribution is 0.154. The molecular formula is C23H26ClN7O2. The van der Waals surface area contributed by atoms with Crippen molar-refractivity contribution in [3.63, 3.8) is 0 Å². The van der Waals surface area contributed by atoms with Gasteiger partial charge in [-0.05, 0) is 31.3 Å². The molecule has 0 unspecified atom stereocenters. The third kappa shape index (κ3) is 5.70. The molecule has 3 aromatic rings. The number of nitrogens with one attached hydrogen (secondary N) is 2. The van der Waals surface area contributed by atoms with E-state index in [1.54, 1.807) is 31.4 Å². The fourth-order valence-corrected chi connectivity index (χ4v) is 3.70. The third-order valence-corrected chi connectivity index (χ3v) is 5.63. The topological polar surface area (TPSA) is 85.9 Å². The minimum absolute atomic E-state index is 0.367.